The second-order valence-corrected chi connectivity index (χ2v) is 6.45. The van der Waals surface area contributed by atoms with E-state index in [1.165, 1.54) is 0 Å². The normalized spacial score (nSPS) is 15.2. The van der Waals surface area contributed by atoms with Gasteiger partial charge in [-0.2, -0.15) is 0 Å². The number of aryl methyl sites for hydroxylation is 1. The lowest BCUT2D eigenvalue weighted by atomic mass is 10.1. The van der Waals surface area contributed by atoms with Crippen molar-refractivity contribution in [2.75, 3.05) is 33.3 Å². The Hall–Kier alpha value is -1.79. The van der Waals surface area contributed by atoms with Crippen molar-refractivity contribution < 1.29 is 14.3 Å². The third kappa shape index (κ3) is 6.18. The van der Waals surface area contributed by atoms with Gasteiger partial charge in [-0.3, -0.25) is 9.59 Å². The summed E-state index contributed by atoms with van der Waals surface area (Å²) in [5.74, 6) is 0.963. The zero-order valence-electron chi connectivity index (χ0n) is 15.6. The number of hydrogen-bond acceptors (Lipinski definition) is 4. The van der Waals surface area contributed by atoms with Gasteiger partial charge in [0.05, 0.1) is 13.2 Å². The lowest BCUT2D eigenvalue weighted by molar-refractivity contribution is -0.140. The van der Waals surface area contributed by atoms with Crippen LogP contribution in [0.4, 0.5) is 0 Å². The fourth-order valence-electron chi connectivity index (χ4n) is 3.05. The van der Waals surface area contributed by atoms with Crippen molar-refractivity contribution in [2.45, 2.75) is 38.6 Å². The monoisotopic (exact) mass is 383 g/mol. The van der Waals surface area contributed by atoms with Crippen molar-refractivity contribution >= 4 is 24.2 Å². The lowest BCUT2D eigenvalue weighted by Gasteiger charge is -2.36. The molecule has 2 amide bonds. The Kier molecular flexibility index (Phi) is 9.44. The van der Waals surface area contributed by atoms with E-state index >= 15 is 0 Å². The van der Waals surface area contributed by atoms with Crippen LogP contribution in [-0.2, 0) is 16.0 Å². The Balaban J connectivity index is 0.00000338. The van der Waals surface area contributed by atoms with Gasteiger partial charge in [0, 0.05) is 32.6 Å². The molecule has 1 aromatic rings. The van der Waals surface area contributed by atoms with Crippen LogP contribution < -0.4 is 10.5 Å². The molecule has 0 aromatic heterocycles. The number of rotatable bonds is 7. The number of methoxy groups -OCH3 is 1. The van der Waals surface area contributed by atoms with Crippen LogP contribution in [0.15, 0.2) is 24.3 Å². The number of amides is 2. The molecule has 1 aliphatic rings. The van der Waals surface area contributed by atoms with E-state index in [0.29, 0.717) is 45.4 Å². The zero-order valence-corrected chi connectivity index (χ0v) is 16.5. The number of ether oxygens (including phenoxy) is 1. The quantitative estimate of drug-likeness (QED) is 0.779. The Morgan fingerprint density at radius 2 is 1.69 bits per heavy atom. The standard InChI is InChI=1S/C19H29N3O3.ClH/c1-3-4-17(20)19(24)22-13-11-21(12-14-22)18(23)10-7-15-5-8-16(25-2)9-6-15;/h5-6,8-9,17H,3-4,7,10-14,20H2,1-2H3;1H. The van der Waals surface area contributed by atoms with E-state index < -0.39 is 6.04 Å². The summed E-state index contributed by atoms with van der Waals surface area (Å²) in [4.78, 5) is 28.2. The molecule has 1 atom stereocenters. The summed E-state index contributed by atoms with van der Waals surface area (Å²) in [7, 11) is 1.64. The van der Waals surface area contributed by atoms with Gasteiger partial charge in [0.2, 0.25) is 11.8 Å². The van der Waals surface area contributed by atoms with Crippen LogP contribution in [-0.4, -0.2) is 60.9 Å². The molecule has 6 nitrogen and oxygen atoms in total. The Morgan fingerprint density at radius 3 is 2.23 bits per heavy atom. The van der Waals surface area contributed by atoms with Gasteiger partial charge in [0.25, 0.3) is 0 Å². The number of hydrogen-bond donors (Lipinski definition) is 1. The summed E-state index contributed by atoms with van der Waals surface area (Å²) >= 11 is 0. The SMILES string of the molecule is CCCC(N)C(=O)N1CCN(C(=O)CCc2ccc(OC)cc2)CC1.Cl. The van der Waals surface area contributed by atoms with E-state index in [4.69, 9.17) is 10.5 Å². The summed E-state index contributed by atoms with van der Waals surface area (Å²) in [6.07, 6.45) is 2.80. The highest BCUT2D eigenvalue weighted by Gasteiger charge is 2.26. The summed E-state index contributed by atoms with van der Waals surface area (Å²) in [6.45, 7) is 4.35. The first kappa shape index (κ1) is 22.3. The van der Waals surface area contributed by atoms with Gasteiger partial charge in [-0.05, 0) is 30.5 Å². The van der Waals surface area contributed by atoms with Gasteiger partial charge in [0.15, 0.2) is 0 Å². The minimum Gasteiger partial charge on any atom is -0.497 e. The minimum atomic E-state index is -0.415. The summed E-state index contributed by atoms with van der Waals surface area (Å²) < 4.78 is 5.14. The molecule has 2 N–H and O–H groups in total. The molecule has 1 saturated heterocycles. The average Bonchev–Trinajstić information content (AvgIpc) is 2.66. The van der Waals surface area contributed by atoms with Crippen molar-refractivity contribution in [1.82, 2.24) is 9.80 Å². The van der Waals surface area contributed by atoms with E-state index in [9.17, 15) is 9.59 Å². The molecule has 2 rings (SSSR count). The molecule has 146 valence electrons. The molecule has 1 unspecified atom stereocenters. The number of carbonyl (C=O) groups is 2. The van der Waals surface area contributed by atoms with Crippen LogP contribution in [0.25, 0.3) is 0 Å². The molecular formula is C19H30ClN3O3. The molecule has 0 spiro atoms. The second-order valence-electron chi connectivity index (χ2n) is 6.45. The highest BCUT2D eigenvalue weighted by Crippen LogP contribution is 2.14. The van der Waals surface area contributed by atoms with Gasteiger partial charge in [0.1, 0.15) is 5.75 Å². The first-order chi connectivity index (χ1) is 12.0. The summed E-state index contributed by atoms with van der Waals surface area (Å²) in [5, 5.41) is 0. The van der Waals surface area contributed by atoms with Crippen molar-refractivity contribution in [3.63, 3.8) is 0 Å². The highest BCUT2D eigenvalue weighted by molar-refractivity contribution is 5.85. The van der Waals surface area contributed by atoms with Crippen LogP contribution in [0.3, 0.4) is 0 Å². The molecule has 1 aromatic carbocycles. The maximum atomic E-state index is 12.4. The Morgan fingerprint density at radius 1 is 1.12 bits per heavy atom. The average molecular weight is 384 g/mol. The van der Waals surface area contributed by atoms with Gasteiger partial charge in [-0.25, -0.2) is 0 Å². The molecule has 1 fully saturated rings. The maximum absolute atomic E-state index is 12.4. The van der Waals surface area contributed by atoms with Crippen molar-refractivity contribution in [1.29, 1.82) is 0 Å². The van der Waals surface area contributed by atoms with Gasteiger partial charge < -0.3 is 20.3 Å². The predicted octanol–water partition coefficient (Wildman–Crippen LogP) is 1.85. The fourth-order valence-corrected chi connectivity index (χ4v) is 3.05. The molecule has 1 aliphatic heterocycles. The molecule has 0 aliphatic carbocycles. The highest BCUT2D eigenvalue weighted by atomic mass is 35.5. The zero-order chi connectivity index (χ0) is 18.2. The van der Waals surface area contributed by atoms with Crippen LogP contribution in [0.5, 0.6) is 5.75 Å². The molecule has 26 heavy (non-hydrogen) atoms. The molecule has 0 saturated carbocycles. The van der Waals surface area contributed by atoms with Gasteiger partial charge >= 0.3 is 0 Å². The summed E-state index contributed by atoms with van der Waals surface area (Å²) in [6, 6.07) is 7.37. The van der Waals surface area contributed by atoms with Crippen LogP contribution in [0.1, 0.15) is 31.7 Å². The minimum absolute atomic E-state index is 0. The molecular weight excluding hydrogens is 354 g/mol. The topological polar surface area (TPSA) is 75.9 Å². The van der Waals surface area contributed by atoms with Crippen LogP contribution in [0.2, 0.25) is 0 Å². The molecule has 0 bridgehead atoms. The number of carbonyl (C=O) groups excluding carboxylic acids is 2. The first-order valence-corrected chi connectivity index (χ1v) is 9.00. The number of benzene rings is 1. The number of piperazine rings is 1. The first-order valence-electron chi connectivity index (χ1n) is 9.00. The van der Waals surface area contributed by atoms with Crippen molar-refractivity contribution in [3.05, 3.63) is 29.8 Å². The third-order valence-corrected chi connectivity index (χ3v) is 4.65. The molecule has 7 heteroatoms. The maximum Gasteiger partial charge on any atom is 0.239 e. The largest absolute Gasteiger partial charge is 0.497 e. The smallest absolute Gasteiger partial charge is 0.239 e. The molecule has 0 radical (unpaired) electrons. The second kappa shape index (κ2) is 11.0. The van der Waals surface area contributed by atoms with Crippen LogP contribution in [0, 0.1) is 0 Å². The van der Waals surface area contributed by atoms with Gasteiger partial charge in [-0.15, -0.1) is 12.4 Å². The number of halogens is 1. The van der Waals surface area contributed by atoms with E-state index in [2.05, 4.69) is 0 Å². The van der Waals surface area contributed by atoms with E-state index in [0.717, 1.165) is 17.7 Å². The lowest BCUT2D eigenvalue weighted by Crippen LogP contribution is -2.54. The van der Waals surface area contributed by atoms with Crippen LogP contribution >= 0.6 is 12.4 Å². The number of nitrogens with two attached hydrogens (primary N) is 1. The fraction of sp³-hybridized carbons (Fsp3) is 0.579. The van der Waals surface area contributed by atoms with Gasteiger partial charge in [-0.1, -0.05) is 25.5 Å². The van der Waals surface area contributed by atoms with E-state index in [1.807, 2.05) is 36.1 Å². The summed E-state index contributed by atoms with van der Waals surface area (Å²) in [5.41, 5.74) is 7.02. The number of nitrogens with zero attached hydrogens (tertiary/aromatic N) is 2. The van der Waals surface area contributed by atoms with Crippen molar-refractivity contribution in [2.24, 2.45) is 5.73 Å². The molecule has 1 heterocycles. The Bertz CT molecular complexity index is 572. The van der Waals surface area contributed by atoms with Crippen molar-refractivity contribution in [3.8, 4) is 5.75 Å². The third-order valence-electron chi connectivity index (χ3n) is 4.65. The Labute approximate surface area is 162 Å². The van der Waals surface area contributed by atoms with E-state index in [-0.39, 0.29) is 24.2 Å². The predicted molar refractivity (Wildman–Crippen MR) is 105 cm³/mol. The van der Waals surface area contributed by atoms with E-state index in [1.54, 1.807) is 12.0 Å².